The number of rotatable bonds is 29. The molecule has 0 radical (unpaired) electrons. The minimum atomic E-state index is -0.374. The maximum atomic E-state index is 9.89. The maximum absolute atomic E-state index is 9.89. The lowest BCUT2D eigenvalue weighted by Crippen LogP contribution is -2.18. The highest BCUT2D eigenvalue weighted by Crippen LogP contribution is 2.08. The van der Waals surface area contributed by atoms with Crippen LogP contribution in [-0.2, 0) is 33.2 Å². The third-order valence-corrected chi connectivity index (χ3v) is 4.67. The number of aliphatic hydroxyl groups excluding tert-OH is 2. The largest absolute Gasteiger partial charge is 0.394 e. The van der Waals surface area contributed by atoms with Crippen LogP contribution in [0.15, 0.2) is 0 Å². The molecule has 0 fully saturated rings. The third kappa shape index (κ3) is 29.6. The fourth-order valence-corrected chi connectivity index (χ4v) is 2.85. The molecule has 9 heteroatoms. The lowest BCUT2D eigenvalue weighted by molar-refractivity contribution is -0.0266. The molecule has 0 aliphatic carbocycles. The SMILES string of the molecule is CCCCCCCCC(O)COCCOCCOCCOCCOCCOCCOCCO. The molecular formula is C24H50O9. The van der Waals surface area contributed by atoms with Gasteiger partial charge in [0.15, 0.2) is 0 Å². The van der Waals surface area contributed by atoms with Gasteiger partial charge in [-0.1, -0.05) is 45.4 Å². The number of aliphatic hydroxyl groups is 2. The van der Waals surface area contributed by atoms with Gasteiger partial charge in [-0.25, -0.2) is 0 Å². The number of ether oxygens (including phenoxy) is 7. The molecule has 1 unspecified atom stereocenters. The van der Waals surface area contributed by atoms with E-state index in [1.807, 2.05) is 0 Å². The summed E-state index contributed by atoms with van der Waals surface area (Å²) in [7, 11) is 0. The van der Waals surface area contributed by atoms with Gasteiger partial charge in [-0.15, -0.1) is 0 Å². The van der Waals surface area contributed by atoms with Gasteiger partial charge < -0.3 is 43.4 Å². The van der Waals surface area contributed by atoms with E-state index in [0.29, 0.717) is 92.5 Å². The van der Waals surface area contributed by atoms with Gasteiger partial charge in [-0.3, -0.25) is 0 Å². The molecule has 0 aliphatic rings. The highest BCUT2D eigenvalue weighted by Gasteiger charge is 2.04. The molecule has 0 saturated heterocycles. The Morgan fingerprint density at radius 1 is 0.485 bits per heavy atom. The first kappa shape index (κ1) is 32.6. The van der Waals surface area contributed by atoms with Crippen molar-refractivity contribution in [2.45, 2.75) is 58.0 Å². The molecule has 0 aliphatic heterocycles. The van der Waals surface area contributed by atoms with Gasteiger partial charge in [0.05, 0.1) is 105 Å². The van der Waals surface area contributed by atoms with Crippen LogP contribution in [0.4, 0.5) is 0 Å². The minimum Gasteiger partial charge on any atom is -0.394 e. The van der Waals surface area contributed by atoms with Crippen molar-refractivity contribution in [2.75, 3.05) is 99.1 Å². The summed E-state index contributed by atoms with van der Waals surface area (Å²) in [5.41, 5.74) is 0. The summed E-state index contributed by atoms with van der Waals surface area (Å²) in [5.74, 6) is 0. The second-order valence-corrected chi connectivity index (χ2v) is 7.68. The van der Waals surface area contributed by atoms with Gasteiger partial charge >= 0.3 is 0 Å². The van der Waals surface area contributed by atoms with Crippen LogP contribution in [0.2, 0.25) is 0 Å². The Balaban J connectivity index is 3.08. The molecule has 200 valence electrons. The number of hydrogen-bond donors (Lipinski definition) is 2. The molecule has 0 saturated carbocycles. The van der Waals surface area contributed by atoms with Crippen LogP contribution in [-0.4, -0.2) is 115 Å². The van der Waals surface area contributed by atoms with Crippen molar-refractivity contribution in [3.05, 3.63) is 0 Å². The van der Waals surface area contributed by atoms with E-state index in [2.05, 4.69) is 6.92 Å². The van der Waals surface area contributed by atoms with Crippen molar-refractivity contribution in [1.82, 2.24) is 0 Å². The van der Waals surface area contributed by atoms with Crippen LogP contribution in [0.1, 0.15) is 51.9 Å². The highest BCUT2D eigenvalue weighted by atomic mass is 16.6. The lowest BCUT2D eigenvalue weighted by Gasteiger charge is -2.11. The van der Waals surface area contributed by atoms with Gasteiger partial charge in [-0.05, 0) is 6.42 Å². The van der Waals surface area contributed by atoms with Gasteiger partial charge in [0.2, 0.25) is 0 Å². The van der Waals surface area contributed by atoms with E-state index in [0.717, 1.165) is 12.8 Å². The van der Waals surface area contributed by atoms with E-state index in [1.165, 1.54) is 32.1 Å². The summed E-state index contributed by atoms with van der Waals surface area (Å²) in [6.07, 6.45) is 7.83. The van der Waals surface area contributed by atoms with Gasteiger partial charge in [0.25, 0.3) is 0 Å². The zero-order chi connectivity index (χ0) is 24.1. The Hall–Kier alpha value is -0.360. The monoisotopic (exact) mass is 482 g/mol. The molecule has 33 heavy (non-hydrogen) atoms. The summed E-state index contributed by atoms with van der Waals surface area (Å²) >= 11 is 0. The van der Waals surface area contributed by atoms with E-state index in [9.17, 15) is 5.11 Å². The quantitative estimate of drug-likeness (QED) is 0.155. The third-order valence-electron chi connectivity index (χ3n) is 4.67. The molecule has 0 aromatic heterocycles. The van der Waals surface area contributed by atoms with Crippen LogP contribution in [0.25, 0.3) is 0 Å². The van der Waals surface area contributed by atoms with E-state index in [1.54, 1.807) is 0 Å². The fraction of sp³-hybridized carbons (Fsp3) is 1.00. The Labute approximate surface area is 201 Å². The van der Waals surface area contributed by atoms with Gasteiger partial charge in [0.1, 0.15) is 0 Å². The summed E-state index contributed by atoms with van der Waals surface area (Å²) in [4.78, 5) is 0. The smallest absolute Gasteiger partial charge is 0.0773 e. The average molecular weight is 483 g/mol. The van der Waals surface area contributed by atoms with Crippen LogP contribution in [0.3, 0.4) is 0 Å². The minimum absolute atomic E-state index is 0.0310. The van der Waals surface area contributed by atoms with Crippen molar-refractivity contribution in [1.29, 1.82) is 0 Å². The van der Waals surface area contributed by atoms with Crippen molar-refractivity contribution in [3.63, 3.8) is 0 Å². The van der Waals surface area contributed by atoms with E-state index < -0.39 is 0 Å². The van der Waals surface area contributed by atoms with E-state index in [-0.39, 0.29) is 12.7 Å². The zero-order valence-electron chi connectivity index (χ0n) is 20.9. The molecular weight excluding hydrogens is 432 g/mol. The second-order valence-electron chi connectivity index (χ2n) is 7.68. The van der Waals surface area contributed by atoms with Crippen molar-refractivity contribution in [2.24, 2.45) is 0 Å². The Bertz CT molecular complexity index is 348. The van der Waals surface area contributed by atoms with Crippen LogP contribution in [0.5, 0.6) is 0 Å². The predicted molar refractivity (Wildman–Crippen MR) is 127 cm³/mol. The molecule has 0 heterocycles. The Kier molecular flexibility index (Phi) is 29.3. The summed E-state index contributed by atoms with van der Waals surface area (Å²) in [6.45, 7) is 9.04. The van der Waals surface area contributed by atoms with Crippen LogP contribution >= 0.6 is 0 Å². The molecule has 0 bridgehead atoms. The molecule has 2 N–H and O–H groups in total. The number of unbranched alkanes of at least 4 members (excludes halogenated alkanes) is 5. The molecule has 0 spiro atoms. The first-order valence-electron chi connectivity index (χ1n) is 12.6. The lowest BCUT2D eigenvalue weighted by atomic mass is 10.1. The summed E-state index contributed by atoms with van der Waals surface area (Å²) < 4.78 is 37.5. The Morgan fingerprint density at radius 2 is 0.848 bits per heavy atom. The molecule has 0 aromatic rings. The van der Waals surface area contributed by atoms with Gasteiger partial charge in [0, 0.05) is 0 Å². The Morgan fingerprint density at radius 3 is 1.27 bits per heavy atom. The van der Waals surface area contributed by atoms with Crippen molar-refractivity contribution < 1.29 is 43.4 Å². The summed E-state index contributed by atoms with van der Waals surface area (Å²) in [5, 5.41) is 18.4. The second kappa shape index (κ2) is 29.7. The maximum Gasteiger partial charge on any atom is 0.0773 e. The topological polar surface area (TPSA) is 105 Å². The van der Waals surface area contributed by atoms with E-state index in [4.69, 9.17) is 38.3 Å². The van der Waals surface area contributed by atoms with E-state index >= 15 is 0 Å². The summed E-state index contributed by atoms with van der Waals surface area (Å²) in [6, 6.07) is 0. The molecule has 0 aromatic carbocycles. The average Bonchev–Trinajstić information content (AvgIpc) is 2.82. The normalized spacial score (nSPS) is 12.5. The van der Waals surface area contributed by atoms with Gasteiger partial charge in [-0.2, -0.15) is 0 Å². The first-order chi connectivity index (χ1) is 16.3. The number of hydrogen-bond acceptors (Lipinski definition) is 9. The molecule has 1 atom stereocenters. The van der Waals surface area contributed by atoms with Crippen LogP contribution in [0, 0.1) is 0 Å². The van der Waals surface area contributed by atoms with Crippen LogP contribution < -0.4 is 0 Å². The fourth-order valence-electron chi connectivity index (χ4n) is 2.85. The first-order valence-corrected chi connectivity index (χ1v) is 12.6. The molecule has 9 nitrogen and oxygen atoms in total. The molecule has 0 amide bonds. The predicted octanol–water partition coefficient (Wildman–Crippen LogP) is 2.21. The highest BCUT2D eigenvalue weighted by molar-refractivity contribution is 4.55. The standard InChI is InChI=1S/C24H50O9/c1-2-3-4-5-6-7-8-24(26)23-33-22-21-32-20-19-31-18-17-30-16-15-29-14-13-28-12-11-27-10-9-25/h24-26H,2-23H2,1H3. The van der Waals surface area contributed by atoms with Crippen molar-refractivity contribution in [3.8, 4) is 0 Å². The molecule has 0 rings (SSSR count). The zero-order valence-corrected chi connectivity index (χ0v) is 20.9. The van der Waals surface area contributed by atoms with Crippen molar-refractivity contribution >= 4 is 0 Å².